The van der Waals surface area contributed by atoms with Crippen LogP contribution in [0.3, 0.4) is 0 Å². The number of nitrogen functional groups attached to an aromatic ring is 1. The van der Waals surface area contributed by atoms with Gasteiger partial charge >= 0.3 is 0 Å². The maximum Gasteiger partial charge on any atom is 0.181 e. The predicted octanol–water partition coefficient (Wildman–Crippen LogP) is 4.18. The molecule has 0 aliphatic rings. The molecule has 2 aromatic carbocycles. The normalized spacial score (nSPS) is 10.7. The van der Waals surface area contributed by atoms with E-state index in [0.29, 0.717) is 10.7 Å². The number of benzene rings is 2. The lowest BCUT2D eigenvalue weighted by Gasteiger charge is -2.05. The fraction of sp³-hybridized carbons (Fsp3) is 0.0526. The van der Waals surface area contributed by atoms with Crippen LogP contribution in [0, 0.1) is 18.3 Å². The third-order valence-corrected chi connectivity index (χ3v) is 4.80. The molecule has 5 nitrogen and oxygen atoms in total. The van der Waals surface area contributed by atoms with Crippen LogP contribution in [-0.4, -0.2) is 15.0 Å². The molecule has 0 saturated heterocycles. The van der Waals surface area contributed by atoms with E-state index >= 15 is 0 Å². The molecule has 0 spiro atoms. The highest BCUT2D eigenvalue weighted by Crippen LogP contribution is 2.38. The van der Waals surface area contributed by atoms with Crippen LogP contribution >= 0.6 is 11.3 Å². The van der Waals surface area contributed by atoms with Crippen molar-refractivity contribution in [2.45, 2.75) is 6.92 Å². The zero-order valence-electron chi connectivity index (χ0n) is 13.4. The van der Waals surface area contributed by atoms with Crippen molar-refractivity contribution in [2.75, 3.05) is 5.73 Å². The number of rotatable bonds is 2. The monoisotopic (exact) mass is 343 g/mol. The van der Waals surface area contributed by atoms with Crippen molar-refractivity contribution in [1.29, 1.82) is 5.26 Å². The second-order valence-corrected chi connectivity index (χ2v) is 6.64. The first-order valence-corrected chi connectivity index (χ1v) is 8.46. The zero-order chi connectivity index (χ0) is 17.4. The van der Waals surface area contributed by atoms with Crippen LogP contribution in [0.5, 0.6) is 0 Å². The Morgan fingerprint density at radius 2 is 1.96 bits per heavy atom. The third kappa shape index (κ3) is 2.82. The van der Waals surface area contributed by atoms with Crippen LogP contribution in [0.15, 0.2) is 48.7 Å². The number of aryl methyl sites for hydroxylation is 1. The first kappa shape index (κ1) is 15.2. The molecule has 0 atom stereocenters. The highest BCUT2D eigenvalue weighted by molar-refractivity contribution is 7.19. The van der Waals surface area contributed by atoms with E-state index in [9.17, 15) is 0 Å². The van der Waals surface area contributed by atoms with Crippen LogP contribution in [0.4, 0.5) is 5.13 Å². The van der Waals surface area contributed by atoms with E-state index in [2.05, 4.69) is 21.0 Å². The van der Waals surface area contributed by atoms with Gasteiger partial charge in [0.2, 0.25) is 0 Å². The van der Waals surface area contributed by atoms with E-state index in [0.717, 1.165) is 38.4 Å². The van der Waals surface area contributed by atoms with Gasteiger partial charge in [0.1, 0.15) is 5.82 Å². The van der Waals surface area contributed by atoms with Crippen LogP contribution in [0.25, 0.3) is 32.6 Å². The molecule has 2 N–H and O–H groups in total. The number of nitrogens with zero attached hydrogens (tertiary/aromatic N) is 4. The Balaban J connectivity index is 1.89. The van der Waals surface area contributed by atoms with Crippen LogP contribution < -0.4 is 5.73 Å². The summed E-state index contributed by atoms with van der Waals surface area (Å²) in [5, 5.41) is 10.6. The molecule has 120 valence electrons. The van der Waals surface area contributed by atoms with Crippen molar-refractivity contribution in [3.05, 3.63) is 60.0 Å². The van der Waals surface area contributed by atoms with Gasteiger partial charge in [-0.25, -0.2) is 15.0 Å². The van der Waals surface area contributed by atoms with E-state index in [1.54, 1.807) is 6.07 Å². The van der Waals surface area contributed by atoms with Gasteiger partial charge in [-0.15, -0.1) is 0 Å². The van der Waals surface area contributed by atoms with Gasteiger partial charge < -0.3 is 5.73 Å². The molecule has 6 heteroatoms. The molecule has 0 bridgehead atoms. The average molecular weight is 343 g/mol. The lowest BCUT2D eigenvalue weighted by atomic mass is 10.0. The first-order valence-electron chi connectivity index (χ1n) is 7.64. The molecule has 0 aliphatic heterocycles. The molecular weight excluding hydrogens is 330 g/mol. The van der Waals surface area contributed by atoms with Gasteiger partial charge in [-0.05, 0) is 36.8 Å². The molecule has 2 heterocycles. The van der Waals surface area contributed by atoms with Crippen molar-refractivity contribution in [3.8, 4) is 27.8 Å². The first-order chi connectivity index (χ1) is 12.1. The van der Waals surface area contributed by atoms with Gasteiger partial charge in [-0.3, -0.25) is 0 Å². The molecule has 25 heavy (non-hydrogen) atoms. The lowest BCUT2D eigenvalue weighted by Crippen LogP contribution is -1.89. The maximum absolute atomic E-state index is 9.13. The molecule has 0 saturated carbocycles. The van der Waals surface area contributed by atoms with Crippen LogP contribution in [0.2, 0.25) is 0 Å². The van der Waals surface area contributed by atoms with Crippen molar-refractivity contribution in [2.24, 2.45) is 0 Å². The largest absolute Gasteiger partial charge is 0.375 e. The molecule has 4 rings (SSSR count). The Bertz CT molecular complexity index is 1140. The van der Waals surface area contributed by atoms with E-state index in [1.807, 2.05) is 49.5 Å². The number of aromatic nitrogens is 3. The molecule has 0 fully saturated rings. The minimum absolute atomic E-state index is 0.493. The van der Waals surface area contributed by atoms with E-state index in [-0.39, 0.29) is 0 Å². The molecular formula is C19H13N5S. The van der Waals surface area contributed by atoms with Gasteiger partial charge in [0.05, 0.1) is 27.7 Å². The summed E-state index contributed by atoms with van der Waals surface area (Å²) in [6.07, 6.45) is 1.82. The summed E-state index contributed by atoms with van der Waals surface area (Å²) >= 11 is 1.43. The summed E-state index contributed by atoms with van der Waals surface area (Å²) in [6.45, 7) is 1.87. The van der Waals surface area contributed by atoms with Crippen molar-refractivity contribution in [1.82, 2.24) is 15.0 Å². The lowest BCUT2D eigenvalue weighted by molar-refractivity contribution is 1.09. The standard InChI is InChI=1S/C19H13N5S/c1-11-22-10-15-8-14(5-6-16(15)23-11)18-17(24-19(21)25-18)13-4-2-3-12(7-13)9-20/h2-8,10H,1H3,(H2,21,24). The van der Waals surface area contributed by atoms with Crippen LogP contribution in [0.1, 0.15) is 11.4 Å². The van der Waals surface area contributed by atoms with Crippen molar-refractivity contribution < 1.29 is 0 Å². The molecule has 0 amide bonds. The minimum atomic E-state index is 0.493. The number of nitriles is 1. The minimum Gasteiger partial charge on any atom is -0.375 e. The number of fused-ring (bicyclic) bond motifs is 1. The Morgan fingerprint density at radius 3 is 2.80 bits per heavy atom. The second-order valence-electron chi connectivity index (χ2n) is 5.61. The highest BCUT2D eigenvalue weighted by Gasteiger charge is 2.15. The molecule has 0 radical (unpaired) electrons. The second kappa shape index (κ2) is 5.96. The summed E-state index contributed by atoms with van der Waals surface area (Å²) < 4.78 is 0. The fourth-order valence-electron chi connectivity index (χ4n) is 2.73. The van der Waals surface area contributed by atoms with Crippen molar-refractivity contribution >= 4 is 27.4 Å². The quantitative estimate of drug-likeness (QED) is 0.590. The van der Waals surface area contributed by atoms with Gasteiger partial charge in [-0.1, -0.05) is 29.5 Å². The Morgan fingerprint density at radius 1 is 1.08 bits per heavy atom. The Kier molecular flexibility index (Phi) is 3.64. The number of hydrogen-bond donors (Lipinski definition) is 1. The summed E-state index contributed by atoms with van der Waals surface area (Å²) in [7, 11) is 0. The summed E-state index contributed by atoms with van der Waals surface area (Å²) in [5.74, 6) is 0.747. The highest BCUT2D eigenvalue weighted by atomic mass is 32.1. The topological polar surface area (TPSA) is 88.5 Å². The molecule has 2 aromatic heterocycles. The molecule has 4 aromatic rings. The average Bonchev–Trinajstić information content (AvgIpc) is 3.03. The molecule has 0 unspecified atom stereocenters. The van der Waals surface area contributed by atoms with Crippen LogP contribution in [-0.2, 0) is 0 Å². The predicted molar refractivity (Wildman–Crippen MR) is 99.9 cm³/mol. The summed E-state index contributed by atoms with van der Waals surface area (Å²) in [6, 6.07) is 15.6. The Hall–Kier alpha value is -3.30. The number of anilines is 1. The zero-order valence-corrected chi connectivity index (χ0v) is 14.2. The van der Waals surface area contributed by atoms with E-state index in [4.69, 9.17) is 11.0 Å². The van der Waals surface area contributed by atoms with Gasteiger partial charge in [-0.2, -0.15) is 5.26 Å². The summed E-state index contributed by atoms with van der Waals surface area (Å²) in [4.78, 5) is 14.2. The SMILES string of the molecule is Cc1ncc2cc(-c3sc(N)nc3-c3cccc(C#N)c3)ccc2n1. The van der Waals surface area contributed by atoms with Gasteiger partial charge in [0.15, 0.2) is 5.13 Å². The van der Waals surface area contributed by atoms with E-state index in [1.165, 1.54) is 11.3 Å². The number of thiazole rings is 1. The van der Waals surface area contributed by atoms with Crippen molar-refractivity contribution in [3.63, 3.8) is 0 Å². The summed E-state index contributed by atoms with van der Waals surface area (Å²) in [5.41, 5.74) is 10.1. The number of nitrogens with two attached hydrogens (primary N) is 1. The third-order valence-electron chi connectivity index (χ3n) is 3.87. The molecule has 0 aliphatic carbocycles. The fourth-order valence-corrected chi connectivity index (χ4v) is 3.58. The smallest absolute Gasteiger partial charge is 0.181 e. The van der Waals surface area contributed by atoms with E-state index < -0.39 is 0 Å². The van der Waals surface area contributed by atoms with Gasteiger partial charge in [0.25, 0.3) is 0 Å². The number of hydrogen-bond acceptors (Lipinski definition) is 6. The Labute approximate surface area is 148 Å². The van der Waals surface area contributed by atoms with Gasteiger partial charge in [0, 0.05) is 17.1 Å². The maximum atomic E-state index is 9.13.